The average Bonchev–Trinajstić information content (AvgIpc) is 2.81. The first-order valence-corrected chi connectivity index (χ1v) is 9.27. The standard InChI is InChI=1S/C23H21N5O2.Bi/c1-16(25-27-22(29)18-10-5-3-6-11-18)20-14-9-15-21(24-20)17(2)26-28-23(30)19-12-7-4-8-13-19;/h3-15H,1-2H3,(H,27,29)(H,28,30);/q;+3/p-1/b25-16+,26-17+;. The maximum absolute atomic E-state index is 12.1. The Balaban J connectivity index is 0.00000341. The van der Waals surface area contributed by atoms with Crippen molar-refractivity contribution in [2.45, 2.75) is 13.8 Å². The van der Waals surface area contributed by atoms with Gasteiger partial charge in [0.15, 0.2) is 0 Å². The summed E-state index contributed by atoms with van der Waals surface area (Å²) in [6, 6.07) is 22.9. The van der Waals surface area contributed by atoms with Crippen molar-refractivity contribution in [2.75, 3.05) is 0 Å². The molecule has 0 atom stereocenters. The second-order valence-electron chi connectivity index (χ2n) is 6.37. The van der Waals surface area contributed by atoms with E-state index < -0.39 is 5.90 Å². The second kappa shape index (κ2) is 11.8. The third-order valence-electron chi connectivity index (χ3n) is 4.16. The summed E-state index contributed by atoms with van der Waals surface area (Å²) in [7, 11) is 0. The summed E-state index contributed by atoms with van der Waals surface area (Å²) in [5, 5.41) is 24.0. The van der Waals surface area contributed by atoms with Crippen LogP contribution in [0.1, 0.15) is 41.2 Å². The molecular weight excluding hydrogens is 587 g/mol. The normalized spacial score (nSPS) is 12.1. The van der Waals surface area contributed by atoms with Crippen molar-refractivity contribution < 1.29 is 9.90 Å². The number of hydrogen-bond donors (Lipinski definition) is 1. The van der Waals surface area contributed by atoms with Gasteiger partial charge in [0.25, 0.3) is 5.91 Å². The fourth-order valence-corrected chi connectivity index (χ4v) is 2.49. The van der Waals surface area contributed by atoms with Gasteiger partial charge in [0.1, 0.15) is 0 Å². The van der Waals surface area contributed by atoms with Crippen LogP contribution in [0.3, 0.4) is 0 Å². The molecule has 0 saturated carbocycles. The van der Waals surface area contributed by atoms with Crippen LogP contribution in [0.5, 0.6) is 0 Å². The molecule has 0 aliphatic carbocycles. The van der Waals surface area contributed by atoms with Crippen molar-refractivity contribution in [3.8, 4) is 0 Å². The summed E-state index contributed by atoms with van der Waals surface area (Å²) in [4.78, 5) is 16.6. The van der Waals surface area contributed by atoms with Gasteiger partial charge in [-0.15, -0.1) is 0 Å². The quantitative estimate of drug-likeness (QED) is 0.202. The van der Waals surface area contributed by atoms with Crippen LogP contribution in [-0.4, -0.2) is 54.4 Å². The van der Waals surface area contributed by atoms with Gasteiger partial charge in [-0.25, -0.2) is 10.4 Å². The molecule has 1 aromatic heterocycles. The van der Waals surface area contributed by atoms with E-state index in [4.69, 9.17) is 0 Å². The Morgan fingerprint density at radius 2 is 1.32 bits per heavy atom. The van der Waals surface area contributed by atoms with Gasteiger partial charge in [-0.2, -0.15) is 15.3 Å². The Bertz CT molecular complexity index is 1110. The van der Waals surface area contributed by atoms with Crippen molar-refractivity contribution in [3.05, 3.63) is 101 Å². The molecule has 0 bridgehead atoms. The smallest absolute Gasteiger partial charge is 0.857 e. The molecule has 152 valence electrons. The molecular formula is C23H20BiN5O2+2. The molecule has 7 nitrogen and oxygen atoms in total. The molecule has 2 radical (unpaired) electrons. The van der Waals surface area contributed by atoms with Crippen molar-refractivity contribution in [3.63, 3.8) is 0 Å². The predicted octanol–water partition coefficient (Wildman–Crippen LogP) is 2.39. The van der Waals surface area contributed by atoms with E-state index in [2.05, 4.69) is 25.7 Å². The van der Waals surface area contributed by atoms with Crippen LogP contribution in [-0.2, 0) is 0 Å². The summed E-state index contributed by atoms with van der Waals surface area (Å²) in [5.41, 5.74) is 5.65. The first-order chi connectivity index (χ1) is 14.5. The largest absolute Gasteiger partial charge is 3.00 e. The molecule has 0 aliphatic heterocycles. The fraction of sp³-hybridized carbons (Fsp3) is 0.0870. The van der Waals surface area contributed by atoms with Gasteiger partial charge in [0.05, 0.1) is 22.8 Å². The summed E-state index contributed by atoms with van der Waals surface area (Å²) >= 11 is 0. The molecule has 8 heteroatoms. The number of hydrazone groups is 1. The predicted molar refractivity (Wildman–Crippen MR) is 121 cm³/mol. The number of benzene rings is 2. The zero-order chi connectivity index (χ0) is 21.3. The van der Waals surface area contributed by atoms with Crippen LogP contribution >= 0.6 is 0 Å². The van der Waals surface area contributed by atoms with Crippen LogP contribution in [0.15, 0.2) is 94.2 Å². The number of amides is 1. The Morgan fingerprint density at radius 3 is 1.94 bits per heavy atom. The Morgan fingerprint density at radius 1 is 0.774 bits per heavy atom. The number of pyridine rings is 1. The molecule has 3 aromatic rings. The molecule has 0 fully saturated rings. The second-order valence-corrected chi connectivity index (χ2v) is 6.37. The maximum atomic E-state index is 12.1. The van der Waals surface area contributed by atoms with Gasteiger partial charge in [0, 0.05) is 11.5 Å². The van der Waals surface area contributed by atoms with Gasteiger partial charge >= 0.3 is 26.2 Å². The number of hydrogen-bond acceptors (Lipinski definition) is 6. The molecule has 2 aromatic carbocycles. The molecule has 0 aliphatic rings. The van der Waals surface area contributed by atoms with Gasteiger partial charge in [0.2, 0.25) is 0 Å². The molecule has 0 spiro atoms. The summed E-state index contributed by atoms with van der Waals surface area (Å²) in [5.74, 6) is -0.727. The first kappa shape index (κ1) is 24.0. The maximum Gasteiger partial charge on any atom is 3.00 e. The number of rotatable bonds is 6. The van der Waals surface area contributed by atoms with E-state index in [1.165, 1.54) is 0 Å². The van der Waals surface area contributed by atoms with Crippen molar-refractivity contribution in [1.82, 2.24) is 10.4 Å². The first-order valence-electron chi connectivity index (χ1n) is 9.27. The third kappa shape index (κ3) is 6.90. The SMILES string of the molecule is C/C(=N\N=C(/[O-])c1ccccc1)c1cccc(/C(C)=N/NC(=O)c2ccccc2)n1.[Bi+3]. The number of nitrogens with one attached hydrogen (secondary N) is 1. The Hall–Kier alpha value is -3.25. The van der Waals surface area contributed by atoms with Crippen LogP contribution < -0.4 is 10.5 Å². The minimum absolute atomic E-state index is 0. The van der Waals surface area contributed by atoms with Gasteiger partial charge in [-0.05, 0) is 43.7 Å². The van der Waals surface area contributed by atoms with Crippen molar-refractivity contribution in [2.24, 2.45) is 15.3 Å². The van der Waals surface area contributed by atoms with Crippen molar-refractivity contribution in [1.29, 1.82) is 0 Å². The monoisotopic (exact) mass is 607 g/mol. The fourth-order valence-electron chi connectivity index (χ4n) is 2.49. The van der Waals surface area contributed by atoms with E-state index in [1.54, 1.807) is 80.6 Å². The topological polar surface area (TPSA) is 102 Å². The van der Waals surface area contributed by atoms with Crippen molar-refractivity contribution >= 4 is 49.4 Å². The van der Waals surface area contributed by atoms with Gasteiger partial charge in [-0.1, -0.05) is 54.6 Å². The van der Waals surface area contributed by atoms with Gasteiger partial charge in [-0.3, -0.25) is 4.79 Å². The molecule has 1 N–H and O–H groups in total. The van der Waals surface area contributed by atoms with E-state index in [9.17, 15) is 9.90 Å². The van der Waals surface area contributed by atoms with Gasteiger partial charge < -0.3 is 5.11 Å². The zero-order valence-electron chi connectivity index (χ0n) is 17.1. The van der Waals surface area contributed by atoms with E-state index in [-0.39, 0.29) is 32.1 Å². The van der Waals surface area contributed by atoms with Crippen LogP contribution in [0.25, 0.3) is 0 Å². The average molecular weight is 607 g/mol. The third-order valence-corrected chi connectivity index (χ3v) is 4.16. The van der Waals surface area contributed by atoms with E-state index in [0.29, 0.717) is 33.9 Å². The number of carbonyl (C=O) groups is 1. The number of nitrogens with zero attached hydrogens (tertiary/aromatic N) is 4. The summed E-state index contributed by atoms with van der Waals surface area (Å²) < 4.78 is 0. The summed E-state index contributed by atoms with van der Waals surface area (Å²) in [6.45, 7) is 3.46. The minimum atomic E-state index is -0.424. The van der Waals surface area contributed by atoms with Crippen LogP contribution in [0.4, 0.5) is 0 Å². The molecule has 0 saturated heterocycles. The number of aromatic nitrogens is 1. The van der Waals surface area contributed by atoms with E-state index in [0.717, 1.165) is 0 Å². The van der Waals surface area contributed by atoms with E-state index >= 15 is 0 Å². The number of carbonyl (C=O) groups excluding carboxylic acids is 1. The van der Waals surface area contributed by atoms with Crippen LogP contribution in [0.2, 0.25) is 0 Å². The molecule has 1 amide bonds. The Labute approximate surface area is 199 Å². The molecule has 3 rings (SSSR count). The molecule has 31 heavy (non-hydrogen) atoms. The summed E-state index contributed by atoms with van der Waals surface area (Å²) in [6.07, 6.45) is 0. The van der Waals surface area contributed by atoms with E-state index in [1.807, 2.05) is 12.1 Å². The molecule has 1 heterocycles. The van der Waals surface area contributed by atoms with Crippen LogP contribution in [0, 0.1) is 0 Å². The molecule has 0 unspecified atom stereocenters. The Kier molecular flexibility index (Phi) is 9.16. The zero-order valence-corrected chi connectivity index (χ0v) is 20.5. The minimum Gasteiger partial charge on any atom is -0.857 e.